The highest BCUT2D eigenvalue weighted by atomic mass is 79.9. The van der Waals surface area contributed by atoms with Crippen LogP contribution in [0.4, 0.5) is 0 Å². The molecule has 0 saturated carbocycles. The predicted molar refractivity (Wildman–Crippen MR) is 63.0 cm³/mol. The first kappa shape index (κ1) is 11.0. The van der Waals surface area contributed by atoms with Gasteiger partial charge in [-0.1, -0.05) is 12.1 Å². The van der Waals surface area contributed by atoms with Gasteiger partial charge in [-0.3, -0.25) is 4.79 Å². The van der Waals surface area contributed by atoms with Crippen LogP contribution in [0.3, 0.4) is 0 Å². The maximum atomic E-state index is 11.2. The van der Waals surface area contributed by atoms with Crippen LogP contribution in [0.15, 0.2) is 29.0 Å². The molecule has 0 unspecified atom stereocenters. The average molecular weight is 281 g/mol. The summed E-state index contributed by atoms with van der Waals surface area (Å²) in [6.45, 7) is 0. The minimum Gasteiger partial charge on any atom is -0.469 e. The summed E-state index contributed by atoms with van der Waals surface area (Å²) < 4.78 is 5.51. The highest BCUT2D eigenvalue weighted by Gasteiger charge is 2.10. The first-order chi connectivity index (χ1) is 7.72. The molecule has 5 heteroatoms. The third kappa shape index (κ3) is 2.04. The summed E-state index contributed by atoms with van der Waals surface area (Å²) in [6.07, 6.45) is 1.61. The molecule has 82 valence electrons. The van der Waals surface area contributed by atoms with Crippen molar-refractivity contribution >= 4 is 32.8 Å². The highest BCUT2D eigenvalue weighted by molar-refractivity contribution is 9.10. The molecular weight excluding hydrogens is 272 g/mol. The summed E-state index contributed by atoms with van der Waals surface area (Å²) in [6, 6.07) is 5.67. The van der Waals surface area contributed by atoms with Crippen LogP contribution in [0.2, 0.25) is 0 Å². The number of para-hydroxylation sites is 1. The number of esters is 1. The van der Waals surface area contributed by atoms with E-state index in [9.17, 15) is 4.79 Å². The van der Waals surface area contributed by atoms with Crippen LogP contribution >= 0.6 is 15.9 Å². The average Bonchev–Trinajstić information content (AvgIpc) is 2.30. The number of ether oxygens (including phenoxy) is 1. The van der Waals surface area contributed by atoms with Crippen molar-refractivity contribution in [3.63, 3.8) is 0 Å². The second-order valence-corrected chi connectivity index (χ2v) is 4.06. The number of hydrogen-bond acceptors (Lipinski definition) is 4. The molecule has 0 aliphatic rings. The molecule has 4 nitrogen and oxygen atoms in total. The molecule has 0 aliphatic heterocycles. The van der Waals surface area contributed by atoms with Gasteiger partial charge in [0.2, 0.25) is 0 Å². The molecule has 2 aromatic rings. The highest BCUT2D eigenvalue weighted by Crippen LogP contribution is 2.23. The molecule has 16 heavy (non-hydrogen) atoms. The van der Waals surface area contributed by atoms with Gasteiger partial charge in [-0.05, 0) is 22.0 Å². The van der Waals surface area contributed by atoms with Gasteiger partial charge in [-0.25, -0.2) is 9.97 Å². The SMILES string of the molecule is COC(=O)Cc1ncnc2c(Br)cccc12. The molecule has 0 bridgehead atoms. The topological polar surface area (TPSA) is 52.1 Å². The molecule has 2 rings (SSSR count). The Hall–Kier alpha value is -1.49. The first-order valence-corrected chi connectivity index (χ1v) is 5.46. The molecule has 0 radical (unpaired) electrons. The third-order valence-corrected chi connectivity index (χ3v) is 2.88. The lowest BCUT2D eigenvalue weighted by Crippen LogP contribution is -2.07. The zero-order valence-corrected chi connectivity index (χ0v) is 10.2. The number of rotatable bonds is 2. The standard InChI is InChI=1S/C11H9BrN2O2/c1-16-10(15)5-9-7-3-2-4-8(12)11(7)14-6-13-9/h2-4,6H,5H2,1H3. The van der Waals surface area contributed by atoms with Crippen LogP contribution in [0.1, 0.15) is 5.69 Å². The second-order valence-electron chi connectivity index (χ2n) is 3.21. The minimum atomic E-state index is -0.306. The number of carbonyl (C=O) groups is 1. The molecule has 1 heterocycles. The molecule has 0 aliphatic carbocycles. The van der Waals surface area contributed by atoms with Gasteiger partial charge in [0.05, 0.1) is 24.7 Å². The zero-order valence-electron chi connectivity index (χ0n) is 8.61. The molecule has 0 atom stereocenters. The smallest absolute Gasteiger partial charge is 0.311 e. The molecule has 1 aromatic heterocycles. The van der Waals surface area contributed by atoms with Crippen molar-refractivity contribution in [1.82, 2.24) is 9.97 Å². The van der Waals surface area contributed by atoms with Crippen LogP contribution in [0.25, 0.3) is 10.9 Å². The van der Waals surface area contributed by atoms with Gasteiger partial charge in [0.25, 0.3) is 0 Å². The number of halogens is 1. The molecule has 0 fully saturated rings. The van der Waals surface area contributed by atoms with E-state index in [1.54, 1.807) is 0 Å². The summed E-state index contributed by atoms with van der Waals surface area (Å²) in [5.74, 6) is -0.306. The quantitative estimate of drug-likeness (QED) is 0.791. The fraction of sp³-hybridized carbons (Fsp3) is 0.182. The number of benzene rings is 1. The summed E-state index contributed by atoms with van der Waals surface area (Å²) in [5.41, 5.74) is 1.48. The predicted octanol–water partition coefficient (Wildman–Crippen LogP) is 2.11. The monoisotopic (exact) mass is 280 g/mol. The van der Waals surface area contributed by atoms with Crippen LogP contribution in [0.5, 0.6) is 0 Å². The molecule has 1 aromatic carbocycles. The van der Waals surface area contributed by atoms with E-state index in [1.165, 1.54) is 13.4 Å². The van der Waals surface area contributed by atoms with Crippen molar-refractivity contribution in [1.29, 1.82) is 0 Å². The Bertz CT molecular complexity index is 542. The molecule has 0 N–H and O–H groups in total. The van der Waals surface area contributed by atoms with Gasteiger partial charge >= 0.3 is 5.97 Å². The molecular formula is C11H9BrN2O2. The number of nitrogens with zero attached hydrogens (tertiary/aromatic N) is 2. The Labute approximate surface area is 101 Å². The van der Waals surface area contributed by atoms with Crippen molar-refractivity contribution in [2.45, 2.75) is 6.42 Å². The van der Waals surface area contributed by atoms with E-state index >= 15 is 0 Å². The fourth-order valence-corrected chi connectivity index (χ4v) is 1.92. The van der Waals surface area contributed by atoms with Gasteiger partial charge in [-0.15, -0.1) is 0 Å². The van der Waals surface area contributed by atoms with Gasteiger partial charge < -0.3 is 4.74 Å². The Morgan fingerprint density at radius 2 is 2.25 bits per heavy atom. The Balaban J connectivity index is 2.54. The normalized spacial score (nSPS) is 10.4. The third-order valence-electron chi connectivity index (χ3n) is 2.24. The Morgan fingerprint density at radius 3 is 3.00 bits per heavy atom. The number of fused-ring (bicyclic) bond motifs is 1. The maximum Gasteiger partial charge on any atom is 0.311 e. The Kier molecular flexibility index (Phi) is 3.14. The fourth-order valence-electron chi connectivity index (χ4n) is 1.46. The lowest BCUT2D eigenvalue weighted by molar-refractivity contribution is -0.139. The second kappa shape index (κ2) is 4.57. The number of hydrogen-bond donors (Lipinski definition) is 0. The van der Waals surface area contributed by atoms with E-state index in [-0.39, 0.29) is 12.4 Å². The molecule has 0 saturated heterocycles. The van der Waals surface area contributed by atoms with E-state index in [1.807, 2.05) is 18.2 Å². The van der Waals surface area contributed by atoms with Crippen molar-refractivity contribution < 1.29 is 9.53 Å². The van der Waals surface area contributed by atoms with E-state index in [2.05, 4.69) is 30.6 Å². The van der Waals surface area contributed by atoms with Crippen LogP contribution in [0, 0.1) is 0 Å². The number of carbonyl (C=O) groups excluding carboxylic acids is 1. The van der Waals surface area contributed by atoms with Gasteiger partial charge in [-0.2, -0.15) is 0 Å². The van der Waals surface area contributed by atoms with E-state index < -0.39 is 0 Å². The number of methoxy groups -OCH3 is 1. The lowest BCUT2D eigenvalue weighted by atomic mass is 10.1. The van der Waals surface area contributed by atoms with Gasteiger partial charge in [0.1, 0.15) is 6.33 Å². The Morgan fingerprint density at radius 1 is 1.44 bits per heavy atom. The van der Waals surface area contributed by atoms with Gasteiger partial charge in [0, 0.05) is 9.86 Å². The van der Waals surface area contributed by atoms with Crippen LogP contribution < -0.4 is 0 Å². The van der Waals surface area contributed by atoms with Crippen molar-refractivity contribution in [2.24, 2.45) is 0 Å². The zero-order chi connectivity index (χ0) is 11.5. The summed E-state index contributed by atoms with van der Waals surface area (Å²) in [5, 5.41) is 0.863. The maximum absolute atomic E-state index is 11.2. The number of aromatic nitrogens is 2. The van der Waals surface area contributed by atoms with Crippen LogP contribution in [-0.4, -0.2) is 23.0 Å². The summed E-state index contributed by atoms with van der Waals surface area (Å²) in [4.78, 5) is 19.5. The van der Waals surface area contributed by atoms with Crippen LogP contribution in [-0.2, 0) is 16.0 Å². The van der Waals surface area contributed by atoms with Gasteiger partial charge in [0.15, 0.2) is 0 Å². The van der Waals surface area contributed by atoms with Crippen molar-refractivity contribution in [3.8, 4) is 0 Å². The lowest BCUT2D eigenvalue weighted by Gasteiger charge is -2.04. The minimum absolute atomic E-state index is 0.159. The first-order valence-electron chi connectivity index (χ1n) is 4.67. The van der Waals surface area contributed by atoms with Crippen molar-refractivity contribution in [3.05, 3.63) is 34.7 Å². The molecule has 0 spiro atoms. The van der Waals surface area contributed by atoms with E-state index in [4.69, 9.17) is 0 Å². The molecule has 0 amide bonds. The largest absolute Gasteiger partial charge is 0.469 e. The van der Waals surface area contributed by atoms with E-state index in [0.717, 1.165) is 15.4 Å². The van der Waals surface area contributed by atoms with Crippen molar-refractivity contribution in [2.75, 3.05) is 7.11 Å². The summed E-state index contributed by atoms with van der Waals surface area (Å²) in [7, 11) is 1.36. The summed E-state index contributed by atoms with van der Waals surface area (Å²) >= 11 is 3.41. The van der Waals surface area contributed by atoms with E-state index in [0.29, 0.717) is 5.69 Å².